The van der Waals surface area contributed by atoms with Crippen LogP contribution in [0.4, 0.5) is 0 Å². The number of benzene rings is 1. The van der Waals surface area contributed by atoms with Gasteiger partial charge in [0, 0.05) is 9.75 Å². The zero-order valence-corrected chi connectivity index (χ0v) is 12.0. The summed E-state index contributed by atoms with van der Waals surface area (Å²) in [5.41, 5.74) is 4.55. The van der Waals surface area contributed by atoms with Crippen molar-refractivity contribution >= 4 is 16.9 Å². The van der Waals surface area contributed by atoms with Gasteiger partial charge in [-0.3, -0.25) is 0 Å². The molecule has 0 aliphatic heterocycles. The van der Waals surface area contributed by atoms with Crippen molar-refractivity contribution in [1.29, 1.82) is 0 Å². The molecule has 1 aromatic carbocycles. The van der Waals surface area contributed by atoms with Crippen LogP contribution in [0.2, 0.25) is 0 Å². The van der Waals surface area contributed by atoms with Crippen molar-refractivity contribution in [2.45, 2.75) is 32.6 Å². The average molecular weight is 254 g/mol. The molecule has 1 heterocycles. The summed E-state index contributed by atoms with van der Waals surface area (Å²) in [6.07, 6.45) is 3.44. The molecule has 2 aromatic rings. The molecule has 0 fully saturated rings. The van der Waals surface area contributed by atoms with Gasteiger partial charge in [-0.1, -0.05) is 51.1 Å². The molecule has 0 radical (unpaired) electrons. The molecule has 0 bridgehead atoms. The van der Waals surface area contributed by atoms with Crippen LogP contribution in [0.15, 0.2) is 42.5 Å². The Bertz CT molecular complexity index is 609. The number of hydrogen-bond acceptors (Lipinski definition) is 1. The molecule has 3 rings (SSSR count). The average Bonchev–Trinajstić information content (AvgIpc) is 2.94. The van der Waals surface area contributed by atoms with E-state index in [0.29, 0.717) is 0 Å². The van der Waals surface area contributed by atoms with E-state index < -0.39 is 0 Å². The highest BCUT2D eigenvalue weighted by Gasteiger charge is 2.20. The third-order valence-electron chi connectivity index (χ3n) is 3.44. The Kier molecular flexibility index (Phi) is 2.67. The predicted molar refractivity (Wildman–Crippen MR) is 80.2 cm³/mol. The van der Waals surface area contributed by atoms with Crippen molar-refractivity contribution in [2.24, 2.45) is 0 Å². The molecule has 0 amide bonds. The lowest BCUT2D eigenvalue weighted by Gasteiger charge is -2.15. The van der Waals surface area contributed by atoms with Gasteiger partial charge in [0.1, 0.15) is 0 Å². The normalized spacial score (nSPS) is 14.5. The Morgan fingerprint density at radius 2 is 1.78 bits per heavy atom. The zero-order valence-electron chi connectivity index (χ0n) is 11.2. The molecule has 92 valence electrons. The number of rotatable bonds is 1. The van der Waals surface area contributed by atoms with Gasteiger partial charge in [0.25, 0.3) is 0 Å². The lowest BCUT2D eigenvalue weighted by molar-refractivity contribution is 0.604. The Labute approximate surface area is 113 Å². The fourth-order valence-corrected chi connectivity index (χ4v) is 3.52. The van der Waals surface area contributed by atoms with E-state index >= 15 is 0 Å². The van der Waals surface area contributed by atoms with E-state index in [1.165, 1.54) is 26.5 Å². The van der Waals surface area contributed by atoms with Gasteiger partial charge < -0.3 is 0 Å². The van der Waals surface area contributed by atoms with Crippen LogP contribution in [0.3, 0.4) is 0 Å². The van der Waals surface area contributed by atoms with Crippen LogP contribution in [0, 0.1) is 0 Å². The van der Waals surface area contributed by atoms with E-state index in [2.05, 4.69) is 63.2 Å². The smallest absolute Gasteiger partial charge is 0.0348 e. The molecule has 0 atom stereocenters. The molecule has 0 N–H and O–H groups in total. The standard InChI is InChI=1S/C17H18S/c1-17(2,3)16-11-10-15(18-16)14-9-8-12-6-4-5-7-13(12)14/h4-7,9-11H,8H2,1-3H3. The monoisotopic (exact) mass is 254 g/mol. The Balaban J connectivity index is 2.01. The molecular weight excluding hydrogens is 236 g/mol. The fraction of sp³-hybridized carbons (Fsp3) is 0.294. The molecular formula is C17H18S. The van der Waals surface area contributed by atoms with Crippen LogP contribution < -0.4 is 0 Å². The maximum atomic E-state index is 2.36. The molecule has 0 saturated heterocycles. The van der Waals surface area contributed by atoms with Crippen LogP contribution in [-0.4, -0.2) is 0 Å². The molecule has 1 aliphatic carbocycles. The number of fused-ring (bicyclic) bond motifs is 1. The summed E-state index contributed by atoms with van der Waals surface area (Å²) in [5.74, 6) is 0. The second-order valence-electron chi connectivity index (χ2n) is 5.89. The van der Waals surface area contributed by atoms with Crippen molar-refractivity contribution in [1.82, 2.24) is 0 Å². The van der Waals surface area contributed by atoms with E-state index in [9.17, 15) is 0 Å². The minimum atomic E-state index is 0.252. The summed E-state index contributed by atoms with van der Waals surface area (Å²) >= 11 is 1.93. The molecule has 1 aliphatic rings. The maximum absolute atomic E-state index is 2.36. The minimum Gasteiger partial charge on any atom is -0.140 e. The van der Waals surface area contributed by atoms with Crippen molar-refractivity contribution in [3.63, 3.8) is 0 Å². The second kappa shape index (κ2) is 4.10. The van der Waals surface area contributed by atoms with Crippen LogP contribution in [0.5, 0.6) is 0 Å². The van der Waals surface area contributed by atoms with Gasteiger partial charge in [0.2, 0.25) is 0 Å². The van der Waals surface area contributed by atoms with Gasteiger partial charge in [-0.2, -0.15) is 0 Å². The van der Waals surface area contributed by atoms with E-state index in [1.807, 2.05) is 11.3 Å². The first-order chi connectivity index (χ1) is 8.55. The lowest BCUT2D eigenvalue weighted by atomic mass is 9.95. The molecule has 18 heavy (non-hydrogen) atoms. The van der Waals surface area contributed by atoms with Gasteiger partial charge in [-0.25, -0.2) is 0 Å². The SMILES string of the molecule is CC(C)(C)c1ccc(C2=CCc3ccccc32)s1. The molecule has 0 nitrogen and oxygen atoms in total. The fourth-order valence-electron chi connectivity index (χ4n) is 2.40. The first-order valence-corrected chi connectivity index (χ1v) is 7.26. The third-order valence-corrected chi connectivity index (χ3v) is 4.99. The highest BCUT2D eigenvalue weighted by molar-refractivity contribution is 7.13. The van der Waals surface area contributed by atoms with Crippen LogP contribution in [0.1, 0.15) is 41.7 Å². The van der Waals surface area contributed by atoms with Crippen molar-refractivity contribution in [3.8, 4) is 0 Å². The summed E-state index contributed by atoms with van der Waals surface area (Å²) in [5, 5.41) is 0. The highest BCUT2D eigenvalue weighted by atomic mass is 32.1. The minimum absolute atomic E-state index is 0.252. The summed E-state index contributed by atoms with van der Waals surface area (Å²) < 4.78 is 0. The largest absolute Gasteiger partial charge is 0.140 e. The topological polar surface area (TPSA) is 0 Å². The first-order valence-electron chi connectivity index (χ1n) is 6.45. The number of hydrogen-bond donors (Lipinski definition) is 0. The van der Waals surface area contributed by atoms with Crippen molar-refractivity contribution < 1.29 is 0 Å². The highest BCUT2D eigenvalue weighted by Crippen LogP contribution is 2.38. The first kappa shape index (κ1) is 11.7. The van der Waals surface area contributed by atoms with Gasteiger partial charge in [-0.05, 0) is 40.7 Å². The van der Waals surface area contributed by atoms with E-state index in [-0.39, 0.29) is 5.41 Å². The summed E-state index contributed by atoms with van der Waals surface area (Å²) in [4.78, 5) is 2.87. The molecule has 0 unspecified atom stereocenters. The summed E-state index contributed by atoms with van der Waals surface area (Å²) in [6.45, 7) is 6.83. The second-order valence-corrected chi connectivity index (χ2v) is 6.98. The Morgan fingerprint density at radius 1 is 1.00 bits per heavy atom. The lowest BCUT2D eigenvalue weighted by Crippen LogP contribution is -2.07. The van der Waals surface area contributed by atoms with Crippen LogP contribution in [-0.2, 0) is 11.8 Å². The molecule has 0 spiro atoms. The Hall–Kier alpha value is -1.34. The Morgan fingerprint density at radius 3 is 2.50 bits per heavy atom. The quantitative estimate of drug-likeness (QED) is 0.669. The molecule has 1 aromatic heterocycles. The zero-order chi connectivity index (χ0) is 12.8. The summed E-state index contributed by atoms with van der Waals surface area (Å²) in [7, 11) is 0. The number of thiophene rings is 1. The van der Waals surface area contributed by atoms with E-state index in [1.54, 1.807) is 0 Å². The van der Waals surface area contributed by atoms with Gasteiger partial charge >= 0.3 is 0 Å². The number of allylic oxidation sites excluding steroid dienone is 1. The van der Waals surface area contributed by atoms with E-state index in [4.69, 9.17) is 0 Å². The maximum Gasteiger partial charge on any atom is 0.0348 e. The molecule has 1 heteroatoms. The predicted octanol–water partition coefficient (Wildman–Crippen LogP) is 5.03. The van der Waals surface area contributed by atoms with Crippen LogP contribution in [0.25, 0.3) is 5.57 Å². The van der Waals surface area contributed by atoms with Gasteiger partial charge in [0.15, 0.2) is 0 Å². The van der Waals surface area contributed by atoms with Gasteiger partial charge in [-0.15, -0.1) is 11.3 Å². The summed E-state index contributed by atoms with van der Waals surface area (Å²) in [6, 6.07) is 13.3. The third kappa shape index (κ3) is 1.93. The van der Waals surface area contributed by atoms with Crippen molar-refractivity contribution in [2.75, 3.05) is 0 Å². The van der Waals surface area contributed by atoms with Gasteiger partial charge in [0.05, 0.1) is 0 Å². The van der Waals surface area contributed by atoms with Crippen molar-refractivity contribution in [3.05, 3.63) is 63.4 Å². The molecule has 0 saturated carbocycles. The van der Waals surface area contributed by atoms with Crippen LogP contribution >= 0.6 is 11.3 Å². The van der Waals surface area contributed by atoms with E-state index in [0.717, 1.165) is 6.42 Å².